The number of hydrogen-bond donors (Lipinski definition) is 2. The van der Waals surface area contributed by atoms with E-state index in [0.29, 0.717) is 6.42 Å². The molecule has 0 saturated heterocycles. The van der Waals surface area contributed by atoms with Gasteiger partial charge in [-0.15, -0.1) is 0 Å². The molecule has 1 amide bonds. The molecule has 0 aliphatic rings. The molecule has 2 N–H and O–H groups in total. The summed E-state index contributed by atoms with van der Waals surface area (Å²) in [5.74, 6) is -0.803. The van der Waals surface area contributed by atoms with Gasteiger partial charge in [-0.05, 0) is 31.9 Å². The zero-order valence-electron chi connectivity index (χ0n) is 13.5. The zero-order chi connectivity index (χ0) is 16.5. The van der Waals surface area contributed by atoms with E-state index in [1.807, 2.05) is 39.0 Å². The number of carbonyl (C=O) groups excluding carboxylic acids is 1. The lowest BCUT2D eigenvalue weighted by Gasteiger charge is -2.13. The Morgan fingerprint density at radius 3 is 2.64 bits per heavy atom. The van der Waals surface area contributed by atoms with Gasteiger partial charge in [0.15, 0.2) is 0 Å². The van der Waals surface area contributed by atoms with E-state index < -0.39 is 11.9 Å². The fourth-order valence-electron chi connectivity index (χ4n) is 2.20. The van der Waals surface area contributed by atoms with Crippen LogP contribution < -0.4 is 10.1 Å². The third-order valence-electron chi connectivity index (χ3n) is 3.45. The molecule has 0 aliphatic carbocycles. The lowest BCUT2D eigenvalue weighted by atomic mass is 10.0. The number of carboxylic acids is 1. The molecular weight excluding hydrogens is 282 g/mol. The van der Waals surface area contributed by atoms with Gasteiger partial charge in [0, 0.05) is 6.54 Å². The van der Waals surface area contributed by atoms with Gasteiger partial charge in [-0.1, -0.05) is 31.0 Å². The SMILES string of the molecule is CCCC(CNC(=O)CCOc1ccc(C)cc1C)C(=O)O. The molecule has 0 fully saturated rings. The van der Waals surface area contributed by atoms with Crippen LogP contribution in [0.1, 0.15) is 37.3 Å². The topological polar surface area (TPSA) is 75.6 Å². The van der Waals surface area contributed by atoms with E-state index in [2.05, 4.69) is 5.32 Å². The number of aryl methyl sites for hydroxylation is 2. The van der Waals surface area contributed by atoms with E-state index in [4.69, 9.17) is 9.84 Å². The Bertz CT molecular complexity index is 513. The summed E-state index contributed by atoms with van der Waals surface area (Å²) < 4.78 is 5.59. The molecule has 5 heteroatoms. The molecule has 0 aliphatic heterocycles. The van der Waals surface area contributed by atoms with Gasteiger partial charge >= 0.3 is 5.97 Å². The summed E-state index contributed by atoms with van der Waals surface area (Å²) in [6.45, 7) is 6.35. The molecule has 0 aromatic heterocycles. The number of aliphatic carboxylic acids is 1. The van der Waals surface area contributed by atoms with E-state index in [-0.39, 0.29) is 25.5 Å². The van der Waals surface area contributed by atoms with E-state index in [1.165, 1.54) is 5.56 Å². The number of amides is 1. The largest absolute Gasteiger partial charge is 0.493 e. The van der Waals surface area contributed by atoms with Gasteiger partial charge < -0.3 is 15.2 Å². The maximum atomic E-state index is 11.7. The van der Waals surface area contributed by atoms with Crippen molar-refractivity contribution in [1.29, 1.82) is 0 Å². The van der Waals surface area contributed by atoms with E-state index in [9.17, 15) is 9.59 Å². The minimum atomic E-state index is -0.867. The summed E-state index contributed by atoms with van der Waals surface area (Å²) in [5.41, 5.74) is 2.20. The van der Waals surface area contributed by atoms with Gasteiger partial charge in [0.05, 0.1) is 18.9 Å². The fourth-order valence-corrected chi connectivity index (χ4v) is 2.20. The highest BCUT2D eigenvalue weighted by Crippen LogP contribution is 2.18. The van der Waals surface area contributed by atoms with E-state index >= 15 is 0 Å². The summed E-state index contributed by atoms with van der Waals surface area (Å²) in [6.07, 6.45) is 1.56. The highest BCUT2D eigenvalue weighted by atomic mass is 16.5. The maximum Gasteiger partial charge on any atom is 0.308 e. The number of carboxylic acid groups (broad SMARTS) is 1. The van der Waals surface area contributed by atoms with Crippen LogP contribution in [0, 0.1) is 19.8 Å². The van der Waals surface area contributed by atoms with Gasteiger partial charge in [0.1, 0.15) is 5.75 Å². The van der Waals surface area contributed by atoms with Gasteiger partial charge in [0.25, 0.3) is 0 Å². The fraction of sp³-hybridized carbons (Fsp3) is 0.529. The van der Waals surface area contributed by atoms with Crippen molar-refractivity contribution in [1.82, 2.24) is 5.32 Å². The summed E-state index contributed by atoms with van der Waals surface area (Å²) in [4.78, 5) is 22.7. The van der Waals surface area contributed by atoms with Crippen molar-refractivity contribution in [3.8, 4) is 5.75 Å². The third-order valence-corrected chi connectivity index (χ3v) is 3.45. The summed E-state index contributed by atoms with van der Waals surface area (Å²) in [6, 6.07) is 5.88. The molecule has 1 aromatic carbocycles. The van der Waals surface area contributed by atoms with Gasteiger partial charge in [0.2, 0.25) is 5.91 Å². The number of rotatable bonds is 9. The van der Waals surface area contributed by atoms with Crippen LogP contribution >= 0.6 is 0 Å². The standard InChI is InChI=1S/C17H25NO4/c1-4-5-14(17(20)21)11-18-16(19)8-9-22-15-7-6-12(2)10-13(15)3/h6-7,10,14H,4-5,8-9,11H2,1-3H3,(H,18,19)(H,20,21). The van der Waals surface area contributed by atoms with Crippen LogP contribution in [0.5, 0.6) is 5.75 Å². The molecule has 0 radical (unpaired) electrons. The second-order valence-corrected chi connectivity index (χ2v) is 5.50. The summed E-state index contributed by atoms with van der Waals surface area (Å²) in [5, 5.41) is 11.7. The van der Waals surface area contributed by atoms with Crippen molar-refractivity contribution in [2.45, 2.75) is 40.0 Å². The Kier molecular flexibility index (Phi) is 7.43. The molecule has 1 unspecified atom stereocenters. The van der Waals surface area contributed by atoms with Crippen molar-refractivity contribution in [3.05, 3.63) is 29.3 Å². The summed E-state index contributed by atoms with van der Waals surface area (Å²) >= 11 is 0. The van der Waals surface area contributed by atoms with Crippen LogP contribution in [0.25, 0.3) is 0 Å². The molecule has 0 saturated carbocycles. The Morgan fingerprint density at radius 2 is 2.05 bits per heavy atom. The molecule has 1 rings (SSSR count). The molecular formula is C17H25NO4. The van der Waals surface area contributed by atoms with Crippen molar-refractivity contribution >= 4 is 11.9 Å². The van der Waals surface area contributed by atoms with Crippen LogP contribution in [0.2, 0.25) is 0 Å². The van der Waals surface area contributed by atoms with E-state index in [0.717, 1.165) is 17.7 Å². The van der Waals surface area contributed by atoms with Crippen LogP contribution in [0.3, 0.4) is 0 Å². The molecule has 0 spiro atoms. The van der Waals surface area contributed by atoms with Gasteiger partial charge in [-0.25, -0.2) is 0 Å². The molecule has 122 valence electrons. The van der Waals surface area contributed by atoms with Crippen molar-refractivity contribution < 1.29 is 19.4 Å². The zero-order valence-corrected chi connectivity index (χ0v) is 13.5. The molecule has 0 heterocycles. The van der Waals surface area contributed by atoms with Crippen LogP contribution in [-0.4, -0.2) is 30.1 Å². The van der Waals surface area contributed by atoms with Gasteiger partial charge in [-0.2, -0.15) is 0 Å². The maximum absolute atomic E-state index is 11.7. The lowest BCUT2D eigenvalue weighted by molar-refractivity contribution is -0.141. The highest BCUT2D eigenvalue weighted by Gasteiger charge is 2.17. The first kappa shape index (κ1) is 18.0. The number of ether oxygens (including phenoxy) is 1. The third kappa shape index (κ3) is 6.16. The predicted molar refractivity (Wildman–Crippen MR) is 85.1 cm³/mol. The first-order valence-electron chi connectivity index (χ1n) is 7.63. The number of nitrogens with one attached hydrogen (secondary N) is 1. The molecule has 1 atom stereocenters. The Balaban J connectivity index is 2.32. The summed E-state index contributed by atoms with van der Waals surface area (Å²) in [7, 11) is 0. The van der Waals surface area contributed by atoms with Crippen molar-refractivity contribution in [3.63, 3.8) is 0 Å². The second kappa shape index (κ2) is 9.07. The number of carbonyl (C=O) groups is 2. The predicted octanol–water partition coefficient (Wildman–Crippen LogP) is 2.69. The van der Waals surface area contributed by atoms with Gasteiger partial charge in [-0.3, -0.25) is 9.59 Å². The lowest BCUT2D eigenvalue weighted by Crippen LogP contribution is -2.33. The average Bonchev–Trinajstić information content (AvgIpc) is 2.45. The number of benzene rings is 1. The van der Waals surface area contributed by atoms with E-state index in [1.54, 1.807) is 0 Å². The second-order valence-electron chi connectivity index (χ2n) is 5.50. The molecule has 0 bridgehead atoms. The quantitative estimate of drug-likeness (QED) is 0.735. The Labute approximate surface area is 131 Å². The van der Waals surface area contributed by atoms with Crippen molar-refractivity contribution in [2.75, 3.05) is 13.2 Å². The normalized spacial score (nSPS) is 11.8. The first-order chi connectivity index (χ1) is 10.4. The van der Waals surface area contributed by atoms with Crippen LogP contribution in [0.15, 0.2) is 18.2 Å². The number of hydrogen-bond acceptors (Lipinski definition) is 3. The van der Waals surface area contributed by atoms with Crippen LogP contribution in [-0.2, 0) is 9.59 Å². The first-order valence-corrected chi connectivity index (χ1v) is 7.63. The molecule has 22 heavy (non-hydrogen) atoms. The minimum absolute atomic E-state index is 0.172. The highest BCUT2D eigenvalue weighted by molar-refractivity contribution is 5.77. The minimum Gasteiger partial charge on any atom is -0.493 e. The van der Waals surface area contributed by atoms with Crippen LogP contribution in [0.4, 0.5) is 0 Å². The molecule has 5 nitrogen and oxygen atoms in total. The Morgan fingerprint density at radius 1 is 1.32 bits per heavy atom. The van der Waals surface area contributed by atoms with Crippen molar-refractivity contribution in [2.24, 2.45) is 5.92 Å². The Hall–Kier alpha value is -2.04. The monoisotopic (exact) mass is 307 g/mol. The smallest absolute Gasteiger partial charge is 0.308 e. The molecule has 1 aromatic rings. The average molecular weight is 307 g/mol.